The van der Waals surface area contributed by atoms with Crippen molar-refractivity contribution >= 4 is 11.9 Å². The Morgan fingerprint density at radius 1 is 0.565 bits per heavy atom. The maximum Gasteiger partial charge on any atom is 0.343 e. The predicted molar refractivity (Wildman–Crippen MR) is 187 cm³/mol. The van der Waals surface area contributed by atoms with Crippen molar-refractivity contribution in [2.75, 3.05) is 6.61 Å². The fourth-order valence-electron chi connectivity index (χ4n) is 5.06. The maximum atomic E-state index is 12.7. The van der Waals surface area contributed by atoms with Gasteiger partial charge < -0.3 is 14.2 Å². The molecule has 3 rings (SSSR count). The van der Waals surface area contributed by atoms with Gasteiger partial charge in [0.1, 0.15) is 11.5 Å². The summed E-state index contributed by atoms with van der Waals surface area (Å²) in [5.74, 6) is 6.72. The van der Waals surface area contributed by atoms with Crippen molar-refractivity contribution in [3.05, 3.63) is 95.1 Å². The number of hydrogen-bond donors (Lipinski definition) is 0. The molecule has 0 amide bonds. The van der Waals surface area contributed by atoms with E-state index < -0.39 is 5.97 Å². The van der Waals surface area contributed by atoms with Crippen molar-refractivity contribution in [1.29, 1.82) is 0 Å². The lowest BCUT2D eigenvalue weighted by atomic mass is 10.1. The standard InChI is InChI=1S/C41H52O5/c1-4-6-8-10-11-12-13-14-16-32-44-38-28-30-39(31-29-38)46-41(43)37-26-22-35(23-27-37)19-18-34-20-24-36(25-21-34)40(42)45-33(3)17-15-9-7-5-2/h20-31,33H,4-17,32H2,1-3H3/t33-/m1/s1. The Balaban J connectivity index is 1.38. The molecule has 5 nitrogen and oxygen atoms in total. The Morgan fingerprint density at radius 3 is 1.57 bits per heavy atom. The van der Waals surface area contributed by atoms with Gasteiger partial charge >= 0.3 is 11.9 Å². The average molecular weight is 625 g/mol. The maximum absolute atomic E-state index is 12.7. The van der Waals surface area contributed by atoms with Crippen molar-refractivity contribution in [2.24, 2.45) is 0 Å². The Hall–Kier alpha value is -4.04. The quantitative estimate of drug-likeness (QED) is 0.0542. The van der Waals surface area contributed by atoms with E-state index in [-0.39, 0.29) is 12.1 Å². The zero-order valence-corrected chi connectivity index (χ0v) is 28.2. The monoisotopic (exact) mass is 624 g/mol. The molecule has 0 aromatic heterocycles. The molecule has 0 bridgehead atoms. The Morgan fingerprint density at radius 2 is 1.02 bits per heavy atom. The number of ether oxygens (including phenoxy) is 3. The third-order valence-corrected chi connectivity index (χ3v) is 7.92. The van der Waals surface area contributed by atoms with Gasteiger partial charge in [-0.15, -0.1) is 0 Å². The molecule has 0 aliphatic carbocycles. The summed E-state index contributed by atoms with van der Waals surface area (Å²) in [5.41, 5.74) is 2.52. The minimum atomic E-state index is -0.430. The summed E-state index contributed by atoms with van der Waals surface area (Å²) in [5, 5.41) is 0. The summed E-state index contributed by atoms with van der Waals surface area (Å²) in [6.07, 6.45) is 17.0. The molecule has 0 unspecified atom stereocenters. The van der Waals surface area contributed by atoms with Crippen LogP contribution in [0.5, 0.6) is 11.5 Å². The van der Waals surface area contributed by atoms with Crippen molar-refractivity contribution in [3.63, 3.8) is 0 Å². The van der Waals surface area contributed by atoms with Gasteiger partial charge in [0, 0.05) is 11.1 Å². The van der Waals surface area contributed by atoms with E-state index in [4.69, 9.17) is 14.2 Å². The Bertz CT molecular complexity index is 1350. The van der Waals surface area contributed by atoms with Gasteiger partial charge in [-0.3, -0.25) is 0 Å². The Labute approximate surface area is 277 Å². The second kappa shape index (κ2) is 21.7. The van der Waals surface area contributed by atoms with Crippen LogP contribution in [0.3, 0.4) is 0 Å². The molecule has 0 radical (unpaired) electrons. The van der Waals surface area contributed by atoms with Gasteiger partial charge in [-0.1, -0.05) is 96.3 Å². The molecule has 46 heavy (non-hydrogen) atoms. The first-order chi connectivity index (χ1) is 22.5. The van der Waals surface area contributed by atoms with E-state index in [9.17, 15) is 9.59 Å². The molecule has 0 saturated heterocycles. The zero-order valence-electron chi connectivity index (χ0n) is 28.2. The molecule has 5 heteroatoms. The van der Waals surface area contributed by atoms with Crippen molar-refractivity contribution in [2.45, 2.75) is 117 Å². The first-order valence-corrected chi connectivity index (χ1v) is 17.4. The number of benzene rings is 3. The van der Waals surface area contributed by atoms with Crippen LogP contribution in [0.15, 0.2) is 72.8 Å². The normalized spacial score (nSPS) is 11.3. The molecule has 3 aromatic rings. The summed E-state index contributed by atoms with van der Waals surface area (Å²) in [6.45, 7) is 7.08. The van der Waals surface area contributed by atoms with Crippen LogP contribution < -0.4 is 9.47 Å². The number of hydrogen-bond acceptors (Lipinski definition) is 5. The Kier molecular flexibility index (Phi) is 17.1. The fraction of sp³-hybridized carbons (Fsp3) is 0.463. The summed E-state index contributed by atoms with van der Waals surface area (Å²) >= 11 is 0. The fourth-order valence-corrected chi connectivity index (χ4v) is 5.06. The van der Waals surface area contributed by atoms with E-state index in [1.54, 1.807) is 48.5 Å². The number of carbonyl (C=O) groups is 2. The van der Waals surface area contributed by atoms with Crippen molar-refractivity contribution < 1.29 is 23.8 Å². The zero-order chi connectivity index (χ0) is 32.8. The molecular formula is C41H52O5. The highest BCUT2D eigenvalue weighted by Gasteiger charge is 2.12. The summed E-state index contributed by atoms with van der Waals surface area (Å²) in [7, 11) is 0. The molecule has 3 aromatic carbocycles. The third kappa shape index (κ3) is 14.4. The van der Waals surface area contributed by atoms with Crippen LogP contribution in [0.1, 0.15) is 143 Å². The van der Waals surface area contributed by atoms with E-state index >= 15 is 0 Å². The van der Waals surface area contributed by atoms with E-state index in [1.165, 1.54) is 70.6 Å². The molecule has 0 aliphatic rings. The van der Waals surface area contributed by atoms with Gasteiger partial charge in [-0.2, -0.15) is 0 Å². The number of esters is 2. The second-order valence-corrected chi connectivity index (χ2v) is 12.0. The summed E-state index contributed by atoms with van der Waals surface area (Å²) < 4.78 is 17.0. The smallest absolute Gasteiger partial charge is 0.343 e. The first kappa shape index (κ1) is 36.4. The van der Waals surface area contributed by atoms with Crippen LogP contribution >= 0.6 is 0 Å². The molecule has 0 fully saturated rings. The van der Waals surface area contributed by atoms with E-state index in [0.717, 1.165) is 36.1 Å². The van der Waals surface area contributed by atoms with Crippen LogP contribution in [-0.2, 0) is 4.74 Å². The lowest BCUT2D eigenvalue weighted by molar-refractivity contribution is 0.0319. The molecule has 0 heterocycles. The van der Waals surface area contributed by atoms with Crippen LogP contribution in [0, 0.1) is 11.8 Å². The molecule has 0 N–H and O–H groups in total. The summed E-state index contributed by atoms with van der Waals surface area (Å²) in [6, 6.07) is 21.3. The first-order valence-electron chi connectivity index (χ1n) is 17.4. The number of carbonyl (C=O) groups excluding carboxylic acids is 2. The number of unbranched alkanes of at least 4 members (excludes halogenated alkanes) is 11. The SMILES string of the molecule is CCCCCCCCCCCOc1ccc(OC(=O)c2ccc(C#Cc3ccc(C(=O)O[C@H](C)CCCCCC)cc3)cc2)cc1. The lowest BCUT2D eigenvalue weighted by Gasteiger charge is -2.13. The van der Waals surface area contributed by atoms with Gasteiger partial charge in [0.15, 0.2) is 0 Å². The highest BCUT2D eigenvalue weighted by Crippen LogP contribution is 2.20. The minimum Gasteiger partial charge on any atom is -0.494 e. The highest BCUT2D eigenvalue weighted by atomic mass is 16.5. The average Bonchev–Trinajstić information content (AvgIpc) is 3.07. The lowest BCUT2D eigenvalue weighted by Crippen LogP contribution is -2.15. The topological polar surface area (TPSA) is 61.8 Å². The van der Waals surface area contributed by atoms with Gasteiger partial charge in [0.2, 0.25) is 0 Å². The van der Waals surface area contributed by atoms with Crippen LogP contribution in [0.2, 0.25) is 0 Å². The molecule has 0 aliphatic heterocycles. The molecular weight excluding hydrogens is 572 g/mol. The van der Waals surface area contributed by atoms with E-state index in [1.807, 2.05) is 31.2 Å². The molecule has 246 valence electrons. The minimum absolute atomic E-state index is 0.0942. The third-order valence-electron chi connectivity index (χ3n) is 7.92. The highest BCUT2D eigenvalue weighted by molar-refractivity contribution is 5.91. The second-order valence-electron chi connectivity index (χ2n) is 12.0. The largest absolute Gasteiger partial charge is 0.494 e. The van der Waals surface area contributed by atoms with Crippen molar-refractivity contribution in [1.82, 2.24) is 0 Å². The van der Waals surface area contributed by atoms with E-state index in [2.05, 4.69) is 25.7 Å². The summed E-state index contributed by atoms with van der Waals surface area (Å²) in [4.78, 5) is 25.1. The predicted octanol–water partition coefficient (Wildman–Crippen LogP) is 10.7. The van der Waals surface area contributed by atoms with Crippen LogP contribution in [0.25, 0.3) is 0 Å². The van der Waals surface area contributed by atoms with Crippen molar-refractivity contribution in [3.8, 4) is 23.3 Å². The van der Waals surface area contributed by atoms with Gasteiger partial charge in [0.05, 0.1) is 23.8 Å². The molecule has 0 spiro atoms. The molecule has 0 saturated carbocycles. The van der Waals surface area contributed by atoms with Crippen LogP contribution in [0.4, 0.5) is 0 Å². The number of rotatable bonds is 20. The molecule has 1 atom stereocenters. The van der Waals surface area contributed by atoms with Gasteiger partial charge in [-0.25, -0.2) is 9.59 Å². The van der Waals surface area contributed by atoms with Gasteiger partial charge in [0.25, 0.3) is 0 Å². The van der Waals surface area contributed by atoms with E-state index in [0.29, 0.717) is 23.5 Å². The van der Waals surface area contributed by atoms with Crippen LogP contribution in [-0.4, -0.2) is 24.6 Å². The van der Waals surface area contributed by atoms with Gasteiger partial charge in [-0.05, 0) is 99.0 Å².